The van der Waals surface area contributed by atoms with Crippen molar-refractivity contribution in [1.29, 1.82) is 0 Å². The Kier molecular flexibility index (Phi) is 5.18. The summed E-state index contributed by atoms with van der Waals surface area (Å²) in [4.78, 5) is 6.58. The molecule has 0 aliphatic rings. The van der Waals surface area contributed by atoms with Crippen LogP contribution in [-0.2, 0) is 6.54 Å². The van der Waals surface area contributed by atoms with Gasteiger partial charge in [0.05, 0.1) is 5.69 Å². The SMILES string of the molecule is CCCN(CC)c1nc(CNCC)co1. The third-order valence-corrected chi connectivity index (χ3v) is 2.24. The van der Waals surface area contributed by atoms with E-state index in [0.717, 1.165) is 44.3 Å². The van der Waals surface area contributed by atoms with Gasteiger partial charge in [-0.3, -0.25) is 0 Å². The highest BCUT2D eigenvalue weighted by Crippen LogP contribution is 2.13. The fraction of sp³-hybridized carbons (Fsp3) is 0.727. The van der Waals surface area contributed by atoms with E-state index >= 15 is 0 Å². The van der Waals surface area contributed by atoms with Crippen molar-refractivity contribution >= 4 is 6.01 Å². The minimum Gasteiger partial charge on any atom is -0.432 e. The Balaban J connectivity index is 2.56. The van der Waals surface area contributed by atoms with Gasteiger partial charge in [-0.25, -0.2) is 0 Å². The highest BCUT2D eigenvalue weighted by atomic mass is 16.4. The number of rotatable bonds is 7. The Hall–Kier alpha value is -1.03. The van der Waals surface area contributed by atoms with Crippen molar-refractivity contribution in [3.63, 3.8) is 0 Å². The standard InChI is InChI=1S/C11H21N3O/c1-4-7-14(6-3)11-13-10(9-15-11)8-12-5-2/h9,12H,4-8H2,1-3H3. The summed E-state index contributed by atoms with van der Waals surface area (Å²) in [6.07, 6.45) is 2.84. The van der Waals surface area contributed by atoms with Crippen LogP contribution in [0.25, 0.3) is 0 Å². The Morgan fingerprint density at radius 2 is 2.20 bits per heavy atom. The molecular weight excluding hydrogens is 190 g/mol. The zero-order valence-corrected chi connectivity index (χ0v) is 9.92. The molecule has 4 nitrogen and oxygen atoms in total. The molecule has 0 aliphatic carbocycles. The number of anilines is 1. The number of oxazole rings is 1. The van der Waals surface area contributed by atoms with Crippen molar-refractivity contribution in [1.82, 2.24) is 10.3 Å². The highest BCUT2D eigenvalue weighted by Gasteiger charge is 2.09. The van der Waals surface area contributed by atoms with Crippen molar-refractivity contribution in [2.24, 2.45) is 0 Å². The Labute approximate surface area is 91.7 Å². The van der Waals surface area contributed by atoms with E-state index in [0.29, 0.717) is 0 Å². The van der Waals surface area contributed by atoms with Crippen LogP contribution in [0.2, 0.25) is 0 Å². The lowest BCUT2D eigenvalue weighted by Crippen LogP contribution is -2.23. The largest absolute Gasteiger partial charge is 0.432 e. The van der Waals surface area contributed by atoms with E-state index in [1.807, 2.05) is 0 Å². The van der Waals surface area contributed by atoms with E-state index in [-0.39, 0.29) is 0 Å². The van der Waals surface area contributed by atoms with Crippen LogP contribution in [0.3, 0.4) is 0 Å². The lowest BCUT2D eigenvalue weighted by atomic mass is 10.4. The molecule has 0 amide bonds. The van der Waals surface area contributed by atoms with Crippen LogP contribution in [0, 0.1) is 0 Å². The average Bonchev–Trinajstić information content (AvgIpc) is 2.71. The van der Waals surface area contributed by atoms with Crippen LogP contribution < -0.4 is 10.2 Å². The summed E-state index contributed by atoms with van der Waals surface area (Å²) < 4.78 is 5.44. The second kappa shape index (κ2) is 6.45. The van der Waals surface area contributed by atoms with Crippen molar-refractivity contribution in [3.05, 3.63) is 12.0 Å². The number of hydrogen-bond donors (Lipinski definition) is 1. The predicted octanol–water partition coefficient (Wildman–Crippen LogP) is 2.02. The van der Waals surface area contributed by atoms with Crippen LogP contribution in [-0.4, -0.2) is 24.6 Å². The van der Waals surface area contributed by atoms with E-state index in [2.05, 4.69) is 36.0 Å². The van der Waals surface area contributed by atoms with Gasteiger partial charge in [-0.15, -0.1) is 0 Å². The fourth-order valence-electron chi connectivity index (χ4n) is 1.43. The Bertz CT molecular complexity index is 273. The Morgan fingerprint density at radius 3 is 2.80 bits per heavy atom. The number of nitrogens with zero attached hydrogens (tertiary/aromatic N) is 2. The normalized spacial score (nSPS) is 10.6. The molecule has 1 N–H and O–H groups in total. The van der Waals surface area contributed by atoms with Crippen molar-refractivity contribution in [3.8, 4) is 0 Å². The quantitative estimate of drug-likeness (QED) is 0.749. The van der Waals surface area contributed by atoms with Gasteiger partial charge in [-0.1, -0.05) is 13.8 Å². The molecule has 15 heavy (non-hydrogen) atoms. The minimum atomic E-state index is 0.743. The van der Waals surface area contributed by atoms with Crippen LogP contribution in [0.4, 0.5) is 6.01 Å². The lowest BCUT2D eigenvalue weighted by molar-refractivity contribution is 0.533. The van der Waals surface area contributed by atoms with Crippen molar-refractivity contribution < 1.29 is 4.42 Å². The summed E-state index contributed by atoms with van der Waals surface area (Å²) in [5, 5.41) is 3.23. The molecule has 1 aromatic heterocycles. The van der Waals surface area contributed by atoms with Crippen LogP contribution >= 0.6 is 0 Å². The maximum absolute atomic E-state index is 5.44. The predicted molar refractivity (Wildman–Crippen MR) is 62.1 cm³/mol. The highest BCUT2D eigenvalue weighted by molar-refractivity contribution is 5.26. The third kappa shape index (κ3) is 3.55. The smallest absolute Gasteiger partial charge is 0.297 e. The molecule has 0 fully saturated rings. The van der Waals surface area contributed by atoms with Gasteiger partial charge >= 0.3 is 0 Å². The molecule has 86 valence electrons. The van der Waals surface area contributed by atoms with Crippen LogP contribution in [0.1, 0.15) is 32.9 Å². The summed E-state index contributed by atoms with van der Waals surface area (Å²) in [6.45, 7) is 10.0. The lowest BCUT2D eigenvalue weighted by Gasteiger charge is -2.16. The zero-order valence-electron chi connectivity index (χ0n) is 9.92. The fourth-order valence-corrected chi connectivity index (χ4v) is 1.43. The van der Waals surface area contributed by atoms with Gasteiger partial charge in [0, 0.05) is 19.6 Å². The van der Waals surface area contributed by atoms with E-state index in [1.165, 1.54) is 0 Å². The van der Waals surface area contributed by atoms with Gasteiger partial charge < -0.3 is 14.6 Å². The zero-order chi connectivity index (χ0) is 11.1. The second-order valence-electron chi connectivity index (χ2n) is 3.48. The third-order valence-electron chi connectivity index (χ3n) is 2.24. The molecule has 0 aliphatic heterocycles. The molecular formula is C11H21N3O. The van der Waals surface area contributed by atoms with Gasteiger partial charge in [-0.05, 0) is 19.9 Å². The summed E-state index contributed by atoms with van der Waals surface area (Å²) in [6, 6.07) is 0.743. The number of nitrogens with one attached hydrogen (secondary N) is 1. The van der Waals surface area contributed by atoms with E-state index in [4.69, 9.17) is 4.42 Å². The van der Waals surface area contributed by atoms with Gasteiger partial charge in [0.25, 0.3) is 6.01 Å². The maximum atomic E-state index is 5.44. The number of hydrogen-bond acceptors (Lipinski definition) is 4. The molecule has 0 radical (unpaired) electrons. The maximum Gasteiger partial charge on any atom is 0.297 e. The van der Waals surface area contributed by atoms with Gasteiger partial charge in [0.1, 0.15) is 6.26 Å². The molecule has 0 saturated carbocycles. The van der Waals surface area contributed by atoms with Crippen LogP contribution in [0.5, 0.6) is 0 Å². The summed E-state index contributed by atoms with van der Waals surface area (Å²) >= 11 is 0. The molecule has 0 bridgehead atoms. The first-order valence-electron chi connectivity index (χ1n) is 5.71. The monoisotopic (exact) mass is 211 g/mol. The summed E-state index contributed by atoms with van der Waals surface area (Å²) in [7, 11) is 0. The molecule has 1 heterocycles. The van der Waals surface area contributed by atoms with Crippen molar-refractivity contribution in [2.75, 3.05) is 24.5 Å². The van der Waals surface area contributed by atoms with Gasteiger partial charge in [0.2, 0.25) is 0 Å². The van der Waals surface area contributed by atoms with E-state index in [9.17, 15) is 0 Å². The molecule has 0 atom stereocenters. The molecule has 4 heteroatoms. The molecule has 0 unspecified atom stereocenters. The molecule has 0 saturated heterocycles. The second-order valence-corrected chi connectivity index (χ2v) is 3.48. The average molecular weight is 211 g/mol. The van der Waals surface area contributed by atoms with Crippen LogP contribution in [0.15, 0.2) is 10.7 Å². The van der Waals surface area contributed by atoms with E-state index < -0.39 is 0 Å². The minimum absolute atomic E-state index is 0.743. The molecule has 1 rings (SSSR count). The van der Waals surface area contributed by atoms with E-state index in [1.54, 1.807) is 6.26 Å². The first-order chi connectivity index (χ1) is 7.31. The molecule has 0 spiro atoms. The molecule has 1 aromatic rings. The molecule has 0 aromatic carbocycles. The first kappa shape index (κ1) is 12.0. The number of aromatic nitrogens is 1. The van der Waals surface area contributed by atoms with Gasteiger partial charge in [0.15, 0.2) is 0 Å². The van der Waals surface area contributed by atoms with Gasteiger partial charge in [-0.2, -0.15) is 4.98 Å². The summed E-state index contributed by atoms with van der Waals surface area (Å²) in [5.74, 6) is 0. The van der Waals surface area contributed by atoms with Crippen molar-refractivity contribution in [2.45, 2.75) is 33.7 Å². The topological polar surface area (TPSA) is 41.3 Å². The first-order valence-corrected chi connectivity index (χ1v) is 5.71. The Morgan fingerprint density at radius 1 is 1.40 bits per heavy atom. The summed E-state index contributed by atoms with van der Waals surface area (Å²) in [5.41, 5.74) is 0.974.